The van der Waals surface area contributed by atoms with Gasteiger partial charge < -0.3 is 0 Å². The summed E-state index contributed by atoms with van der Waals surface area (Å²) in [5.41, 5.74) is 2.99. The standard InChI is InChI=1S/C17H14BrN3O/c18-13-5-3-4-12(10-13)16(22)11-21-15-7-2-1-6-14(15)20-9-8-19-17(20)21/h1-7,10H,8-9,11H2/p+1. The predicted molar refractivity (Wildman–Crippen MR) is 89.1 cm³/mol. The molecule has 0 atom stereocenters. The third-order valence-corrected chi connectivity index (χ3v) is 4.53. The Bertz CT molecular complexity index is 885. The SMILES string of the molecule is O=C(Cn1c2[n+](c3ccccc31)CCN2)c1cccc(Br)c1. The van der Waals surface area contributed by atoms with E-state index < -0.39 is 0 Å². The van der Waals surface area contributed by atoms with E-state index in [2.05, 4.69) is 42.5 Å². The van der Waals surface area contributed by atoms with Gasteiger partial charge in [0.2, 0.25) is 0 Å². The van der Waals surface area contributed by atoms with Gasteiger partial charge in [-0.15, -0.1) is 0 Å². The second kappa shape index (κ2) is 5.25. The summed E-state index contributed by atoms with van der Waals surface area (Å²) < 4.78 is 5.24. The van der Waals surface area contributed by atoms with E-state index in [1.54, 1.807) is 0 Å². The normalized spacial score (nSPS) is 13.1. The van der Waals surface area contributed by atoms with Gasteiger partial charge in [0.15, 0.2) is 5.78 Å². The molecule has 22 heavy (non-hydrogen) atoms. The first-order valence-electron chi connectivity index (χ1n) is 7.28. The van der Waals surface area contributed by atoms with Crippen LogP contribution in [0.25, 0.3) is 11.0 Å². The zero-order valence-corrected chi connectivity index (χ0v) is 13.5. The Morgan fingerprint density at radius 1 is 1.23 bits per heavy atom. The smallest absolute Gasteiger partial charge is 0.291 e. The molecule has 4 nitrogen and oxygen atoms in total. The molecule has 0 amide bonds. The number of rotatable bonds is 3. The van der Waals surface area contributed by atoms with Crippen LogP contribution in [-0.4, -0.2) is 16.9 Å². The fourth-order valence-electron chi connectivity index (χ4n) is 3.05. The van der Waals surface area contributed by atoms with E-state index in [1.165, 1.54) is 5.52 Å². The second-order valence-corrected chi connectivity index (χ2v) is 6.33. The van der Waals surface area contributed by atoms with Crippen molar-refractivity contribution in [1.29, 1.82) is 0 Å². The minimum atomic E-state index is 0.110. The fraction of sp³-hybridized carbons (Fsp3) is 0.176. The number of anilines is 1. The highest BCUT2D eigenvalue weighted by atomic mass is 79.9. The molecule has 110 valence electrons. The van der Waals surface area contributed by atoms with Crippen molar-refractivity contribution in [2.75, 3.05) is 11.9 Å². The molecule has 0 fully saturated rings. The number of Topliss-reactive ketones (excluding diaryl/α,β-unsaturated/α-hetero) is 1. The third kappa shape index (κ3) is 2.13. The maximum atomic E-state index is 12.6. The summed E-state index contributed by atoms with van der Waals surface area (Å²) in [7, 11) is 0. The lowest BCUT2D eigenvalue weighted by atomic mass is 10.1. The van der Waals surface area contributed by atoms with Crippen molar-refractivity contribution >= 4 is 38.7 Å². The molecule has 1 aliphatic rings. The Hall–Kier alpha value is -2.14. The molecule has 0 aliphatic carbocycles. The van der Waals surface area contributed by atoms with E-state index in [1.807, 2.05) is 36.4 Å². The van der Waals surface area contributed by atoms with E-state index in [9.17, 15) is 4.79 Å². The molecular formula is C17H15BrN3O+. The summed E-state index contributed by atoms with van der Waals surface area (Å²) >= 11 is 3.42. The van der Waals surface area contributed by atoms with Gasteiger partial charge in [0.05, 0.1) is 6.54 Å². The lowest BCUT2D eigenvalue weighted by Crippen LogP contribution is -2.29. The number of fused-ring (bicyclic) bond motifs is 3. The first kappa shape index (κ1) is 13.5. The van der Waals surface area contributed by atoms with Crippen LogP contribution in [0.2, 0.25) is 0 Å². The van der Waals surface area contributed by atoms with Gasteiger partial charge in [-0.2, -0.15) is 0 Å². The Kier molecular flexibility index (Phi) is 3.22. The number of imidazole rings is 1. The van der Waals surface area contributed by atoms with Crippen molar-refractivity contribution in [3.8, 4) is 0 Å². The number of hydrogen-bond donors (Lipinski definition) is 1. The molecule has 3 aromatic rings. The van der Waals surface area contributed by atoms with Gasteiger partial charge >= 0.3 is 5.95 Å². The largest absolute Gasteiger partial charge is 0.359 e. The fourth-order valence-corrected chi connectivity index (χ4v) is 3.45. The van der Waals surface area contributed by atoms with Crippen LogP contribution >= 0.6 is 15.9 Å². The number of carbonyl (C=O) groups excluding carboxylic acids is 1. The Balaban J connectivity index is 1.77. The summed E-state index contributed by atoms with van der Waals surface area (Å²) in [6.07, 6.45) is 0. The van der Waals surface area contributed by atoms with Gasteiger partial charge in [0.1, 0.15) is 24.1 Å². The second-order valence-electron chi connectivity index (χ2n) is 5.41. The summed E-state index contributed by atoms with van der Waals surface area (Å²) in [5.74, 6) is 1.13. The number of hydrogen-bond acceptors (Lipinski definition) is 2. The first-order valence-corrected chi connectivity index (χ1v) is 8.07. The molecule has 5 heteroatoms. The summed E-state index contributed by atoms with van der Waals surface area (Å²) in [6.45, 7) is 2.19. The van der Waals surface area contributed by atoms with Crippen molar-refractivity contribution in [1.82, 2.24) is 4.57 Å². The van der Waals surface area contributed by atoms with E-state index in [0.29, 0.717) is 6.54 Å². The van der Waals surface area contributed by atoms with Crippen molar-refractivity contribution in [3.63, 3.8) is 0 Å². The van der Waals surface area contributed by atoms with Crippen LogP contribution in [-0.2, 0) is 13.1 Å². The number of carbonyl (C=O) groups is 1. The van der Waals surface area contributed by atoms with Gasteiger partial charge in [-0.3, -0.25) is 10.1 Å². The average molecular weight is 357 g/mol. The maximum absolute atomic E-state index is 12.6. The van der Waals surface area contributed by atoms with E-state index in [-0.39, 0.29) is 5.78 Å². The molecule has 0 bridgehead atoms. The van der Waals surface area contributed by atoms with Crippen LogP contribution in [0.1, 0.15) is 10.4 Å². The highest BCUT2D eigenvalue weighted by Crippen LogP contribution is 2.21. The number of nitrogens with zero attached hydrogens (tertiary/aromatic N) is 2. The molecule has 0 saturated heterocycles. The van der Waals surface area contributed by atoms with Crippen LogP contribution in [0.5, 0.6) is 0 Å². The number of aromatic nitrogens is 2. The number of halogens is 1. The van der Waals surface area contributed by atoms with Crippen LogP contribution in [0.15, 0.2) is 53.0 Å². The topological polar surface area (TPSA) is 37.9 Å². The van der Waals surface area contributed by atoms with Crippen LogP contribution < -0.4 is 9.88 Å². The predicted octanol–water partition coefficient (Wildman–Crippen LogP) is 3.00. The number of para-hydroxylation sites is 2. The summed E-state index contributed by atoms with van der Waals surface area (Å²) in [4.78, 5) is 12.6. The molecule has 1 aromatic heterocycles. The lowest BCUT2D eigenvalue weighted by molar-refractivity contribution is -0.644. The third-order valence-electron chi connectivity index (χ3n) is 4.04. The maximum Gasteiger partial charge on any atom is 0.359 e. The molecule has 1 N–H and O–H groups in total. The zero-order chi connectivity index (χ0) is 15.1. The number of ketones is 1. The molecule has 1 aliphatic heterocycles. The molecular weight excluding hydrogens is 342 g/mol. The number of nitrogens with one attached hydrogen (secondary N) is 1. The Morgan fingerprint density at radius 3 is 2.95 bits per heavy atom. The molecule has 0 radical (unpaired) electrons. The highest BCUT2D eigenvalue weighted by molar-refractivity contribution is 9.10. The van der Waals surface area contributed by atoms with Gasteiger partial charge in [0.25, 0.3) is 0 Å². The van der Waals surface area contributed by atoms with E-state index >= 15 is 0 Å². The lowest BCUT2D eigenvalue weighted by Gasteiger charge is -2.03. The molecule has 2 heterocycles. The highest BCUT2D eigenvalue weighted by Gasteiger charge is 2.29. The molecule has 0 saturated carbocycles. The molecule has 0 unspecified atom stereocenters. The molecule has 0 spiro atoms. The monoisotopic (exact) mass is 356 g/mol. The van der Waals surface area contributed by atoms with Crippen LogP contribution in [0.4, 0.5) is 5.95 Å². The first-order chi connectivity index (χ1) is 10.7. The van der Waals surface area contributed by atoms with Crippen molar-refractivity contribution in [3.05, 3.63) is 58.6 Å². The van der Waals surface area contributed by atoms with E-state index in [0.717, 1.165) is 34.6 Å². The minimum absolute atomic E-state index is 0.110. The molecule has 2 aromatic carbocycles. The zero-order valence-electron chi connectivity index (χ0n) is 11.9. The van der Waals surface area contributed by atoms with Gasteiger partial charge in [0, 0.05) is 10.0 Å². The van der Waals surface area contributed by atoms with Gasteiger partial charge in [-0.1, -0.05) is 40.2 Å². The van der Waals surface area contributed by atoms with Crippen LogP contribution in [0.3, 0.4) is 0 Å². The number of benzene rings is 2. The van der Waals surface area contributed by atoms with Crippen molar-refractivity contribution < 1.29 is 9.36 Å². The van der Waals surface area contributed by atoms with Crippen LogP contribution in [0, 0.1) is 0 Å². The van der Waals surface area contributed by atoms with Crippen molar-refractivity contribution in [2.24, 2.45) is 0 Å². The average Bonchev–Trinajstić information content (AvgIpc) is 3.10. The Labute approximate surface area is 136 Å². The Morgan fingerprint density at radius 2 is 2.09 bits per heavy atom. The summed E-state index contributed by atoms with van der Waals surface area (Å²) in [5, 5.41) is 3.39. The van der Waals surface area contributed by atoms with Gasteiger partial charge in [-0.25, -0.2) is 9.13 Å². The van der Waals surface area contributed by atoms with Gasteiger partial charge in [-0.05, 0) is 24.3 Å². The molecule has 4 rings (SSSR count). The quantitative estimate of drug-likeness (QED) is 0.578. The van der Waals surface area contributed by atoms with Crippen molar-refractivity contribution in [2.45, 2.75) is 13.1 Å². The minimum Gasteiger partial charge on any atom is -0.291 e. The summed E-state index contributed by atoms with van der Waals surface area (Å²) in [6, 6.07) is 15.8. The van der Waals surface area contributed by atoms with E-state index in [4.69, 9.17) is 0 Å².